The number of hydrogen-bond donors (Lipinski definition) is 4. The minimum atomic E-state index is -0.647. The highest BCUT2D eigenvalue weighted by Gasteiger charge is 2.23. The van der Waals surface area contributed by atoms with Gasteiger partial charge in [-0.1, -0.05) is 30.7 Å². The first-order valence-corrected chi connectivity index (χ1v) is 12.3. The number of carbonyl (C=O) groups is 1. The molecule has 34 heavy (non-hydrogen) atoms. The van der Waals surface area contributed by atoms with Crippen molar-refractivity contribution in [3.05, 3.63) is 52.5 Å². The van der Waals surface area contributed by atoms with E-state index in [1.54, 1.807) is 6.07 Å². The van der Waals surface area contributed by atoms with Crippen molar-refractivity contribution in [1.82, 2.24) is 5.32 Å². The van der Waals surface area contributed by atoms with Gasteiger partial charge in [-0.05, 0) is 62.1 Å². The Kier molecular flexibility index (Phi) is 10.5. The zero-order valence-electron chi connectivity index (χ0n) is 19.7. The number of unbranched alkanes of at least 4 members (excludes halogenated alkanes) is 1. The molecule has 7 nitrogen and oxygen atoms in total. The van der Waals surface area contributed by atoms with Gasteiger partial charge < -0.3 is 30.3 Å². The van der Waals surface area contributed by atoms with Gasteiger partial charge in [-0.3, -0.25) is 4.79 Å². The third-order valence-electron chi connectivity index (χ3n) is 5.73. The Balaban J connectivity index is 1.42. The summed E-state index contributed by atoms with van der Waals surface area (Å²) in [5, 5.41) is 26.5. The monoisotopic (exact) mass is 490 g/mol. The van der Waals surface area contributed by atoms with Crippen LogP contribution in [0.1, 0.15) is 37.3 Å². The summed E-state index contributed by atoms with van der Waals surface area (Å²) in [4.78, 5) is 11.9. The number of rotatable bonds is 14. The van der Waals surface area contributed by atoms with Crippen LogP contribution in [-0.2, 0) is 17.6 Å². The van der Waals surface area contributed by atoms with Gasteiger partial charge in [0.05, 0.1) is 12.3 Å². The molecule has 0 radical (unpaired) electrons. The Morgan fingerprint density at radius 1 is 1.06 bits per heavy atom. The number of amides is 1. The fourth-order valence-corrected chi connectivity index (χ4v) is 3.84. The Morgan fingerprint density at radius 2 is 1.79 bits per heavy atom. The van der Waals surface area contributed by atoms with Crippen LogP contribution in [0.5, 0.6) is 11.5 Å². The fourth-order valence-electron chi connectivity index (χ4n) is 3.72. The number of ether oxygens (including phenoxy) is 2. The molecule has 0 saturated heterocycles. The maximum Gasteiger partial charge on any atom is 0.224 e. The smallest absolute Gasteiger partial charge is 0.224 e. The van der Waals surface area contributed by atoms with Crippen LogP contribution < -0.4 is 20.1 Å². The predicted molar refractivity (Wildman–Crippen MR) is 134 cm³/mol. The van der Waals surface area contributed by atoms with Crippen LogP contribution in [0, 0.1) is 5.92 Å². The summed E-state index contributed by atoms with van der Waals surface area (Å²) in [6.45, 7) is 3.69. The number of hydrogen-bond acceptors (Lipinski definition) is 6. The summed E-state index contributed by atoms with van der Waals surface area (Å²) in [7, 11) is 0. The molecule has 2 aromatic carbocycles. The number of carbonyl (C=O) groups excluding carboxylic acids is 1. The first-order chi connectivity index (χ1) is 16.5. The molecule has 1 amide bonds. The maximum absolute atomic E-state index is 11.9. The molecule has 2 atom stereocenters. The number of aliphatic hydroxyl groups excluding tert-OH is 2. The molecule has 3 rings (SSSR count). The minimum absolute atomic E-state index is 0.00838. The van der Waals surface area contributed by atoms with Gasteiger partial charge in [-0.15, -0.1) is 0 Å². The molecule has 0 aliphatic carbocycles. The van der Waals surface area contributed by atoms with Gasteiger partial charge in [0.25, 0.3) is 0 Å². The van der Waals surface area contributed by atoms with E-state index < -0.39 is 6.10 Å². The third kappa shape index (κ3) is 8.17. The third-order valence-corrected chi connectivity index (χ3v) is 5.98. The van der Waals surface area contributed by atoms with Crippen LogP contribution in [0.25, 0.3) is 0 Å². The van der Waals surface area contributed by atoms with Crippen LogP contribution in [0.3, 0.4) is 0 Å². The van der Waals surface area contributed by atoms with E-state index in [9.17, 15) is 15.0 Å². The molecule has 2 aromatic rings. The van der Waals surface area contributed by atoms with Crippen molar-refractivity contribution in [2.45, 2.75) is 45.1 Å². The van der Waals surface area contributed by atoms with E-state index in [4.69, 9.17) is 21.1 Å². The molecule has 1 aliphatic rings. The Bertz CT molecular complexity index is 922. The summed E-state index contributed by atoms with van der Waals surface area (Å²) in [6, 6.07) is 11.5. The van der Waals surface area contributed by atoms with Crippen LogP contribution in [0.4, 0.5) is 5.69 Å². The van der Waals surface area contributed by atoms with Gasteiger partial charge in [0.15, 0.2) is 0 Å². The lowest BCUT2D eigenvalue weighted by atomic mass is 10.0. The van der Waals surface area contributed by atoms with Crippen molar-refractivity contribution in [1.29, 1.82) is 0 Å². The SMILES string of the molecule is CC(CO)COc1ccc(OCC(O)CNCCCCc2ccc(Cl)cc2)c2c1NC(=O)CC2. The highest BCUT2D eigenvalue weighted by atomic mass is 35.5. The van der Waals surface area contributed by atoms with E-state index in [-0.39, 0.29) is 25.0 Å². The van der Waals surface area contributed by atoms with E-state index >= 15 is 0 Å². The van der Waals surface area contributed by atoms with E-state index in [2.05, 4.69) is 22.8 Å². The van der Waals surface area contributed by atoms with Crippen molar-refractivity contribution >= 4 is 23.2 Å². The van der Waals surface area contributed by atoms with Gasteiger partial charge in [-0.25, -0.2) is 0 Å². The van der Waals surface area contributed by atoms with Crippen molar-refractivity contribution in [3.63, 3.8) is 0 Å². The average Bonchev–Trinajstić information content (AvgIpc) is 2.84. The molecular weight excluding hydrogens is 456 g/mol. The lowest BCUT2D eigenvalue weighted by Crippen LogP contribution is -2.32. The number of nitrogens with one attached hydrogen (secondary N) is 2. The fraction of sp³-hybridized carbons (Fsp3) is 0.500. The van der Waals surface area contributed by atoms with E-state index in [1.807, 2.05) is 25.1 Å². The molecule has 0 saturated carbocycles. The standard InChI is InChI=1S/C26H35ClN2O5/c1-18(15-30)16-33-24-11-10-23(22-9-12-25(32)29-26(22)24)34-17-21(31)14-28-13-3-2-4-19-5-7-20(27)8-6-19/h5-8,10-11,18,21,28,30-31H,2-4,9,12-17H2,1H3,(H,29,32). The van der Waals surface area contributed by atoms with Crippen LogP contribution in [0.2, 0.25) is 5.02 Å². The molecule has 1 heterocycles. The normalized spacial score (nSPS) is 14.8. The molecule has 4 N–H and O–H groups in total. The van der Waals surface area contributed by atoms with Crippen molar-refractivity contribution < 1.29 is 24.5 Å². The summed E-state index contributed by atoms with van der Waals surface area (Å²) in [5.41, 5.74) is 2.76. The number of aryl methyl sites for hydroxylation is 1. The van der Waals surface area contributed by atoms with Crippen LogP contribution in [0.15, 0.2) is 36.4 Å². The van der Waals surface area contributed by atoms with Gasteiger partial charge in [-0.2, -0.15) is 0 Å². The van der Waals surface area contributed by atoms with E-state index in [0.29, 0.717) is 43.2 Å². The maximum atomic E-state index is 11.9. The lowest BCUT2D eigenvalue weighted by Gasteiger charge is -2.24. The molecular formula is C26H35ClN2O5. The van der Waals surface area contributed by atoms with Gasteiger partial charge in [0.1, 0.15) is 24.2 Å². The van der Waals surface area contributed by atoms with Gasteiger partial charge in [0, 0.05) is 36.1 Å². The van der Waals surface area contributed by atoms with E-state index in [0.717, 1.165) is 36.4 Å². The zero-order valence-corrected chi connectivity index (χ0v) is 20.4. The predicted octanol–water partition coefficient (Wildman–Crippen LogP) is 3.58. The Morgan fingerprint density at radius 3 is 2.56 bits per heavy atom. The van der Waals surface area contributed by atoms with Crippen molar-refractivity contribution in [2.24, 2.45) is 5.92 Å². The number of fused-ring (bicyclic) bond motifs is 1. The van der Waals surface area contributed by atoms with Crippen LogP contribution in [-0.4, -0.2) is 55.1 Å². The second-order valence-corrected chi connectivity index (χ2v) is 9.25. The molecule has 8 heteroatoms. The largest absolute Gasteiger partial charge is 0.491 e. The highest BCUT2D eigenvalue weighted by molar-refractivity contribution is 6.30. The molecule has 186 valence electrons. The molecule has 0 fully saturated rings. The van der Waals surface area contributed by atoms with Crippen LogP contribution >= 0.6 is 11.6 Å². The topological polar surface area (TPSA) is 100 Å². The van der Waals surface area contributed by atoms with Gasteiger partial charge >= 0.3 is 0 Å². The number of halogens is 1. The second kappa shape index (κ2) is 13.5. The summed E-state index contributed by atoms with van der Waals surface area (Å²) in [6.07, 6.45) is 3.35. The molecule has 1 aliphatic heterocycles. The lowest BCUT2D eigenvalue weighted by molar-refractivity contribution is -0.116. The highest BCUT2D eigenvalue weighted by Crippen LogP contribution is 2.39. The minimum Gasteiger partial charge on any atom is -0.491 e. The Hall–Kier alpha value is -2.32. The number of aliphatic hydroxyl groups is 2. The average molecular weight is 491 g/mol. The molecule has 2 unspecified atom stereocenters. The van der Waals surface area contributed by atoms with Crippen molar-refractivity contribution in [2.75, 3.05) is 38.2 Å². The first kappa shape index (κ1) is 26.3. The zero-order chi connectivity index (χ0) is 24.3. The molecule has 0 spiro atoms. The summed E-state index contributed by atoms with van der Waals surface area (Å²) >= 11 is 5.91. The van der Waals surface area contributed by atoms with Gasteiger partial charge in [0.2, 0.25) is 5.91 Å². The molecule has 0 bridgehead atoms. The van der Waals surface area contributed by atoms with E-state index in [1.165, 1.54) is 5.56 Å². The van der Waals surface area contributed by atoms with Crippen molar-refractivity contribution in [3.8, 4) is 11.5 Å². The summed E-state index contributed by atoms with van der Waals surface area (Å²) in [5.74, 6) is 1.13. The number of anilines is 1. The molecule has 0 aromatic heterocycles. The Labute approximate surface area is 206 Å². The quantitative estimate of drug-likeness (QED) is 0.302. The summed E-state index contributed by atoms with van der Waals surface area (Å²) < 4.78 is 11.7. The number of benzene rings is 2. The first-order valence-electron chi connectivity index (χ1n) is 11.9. The second-order valence-electron chi connectivity index (χ2n) is 8.81.